The van der Waals surface area contributed by atoms with Crippen molar-refractivity contribution in [2.45, 2.75) is 13.0 Å². The first-order chi connectivity index (χ1) is 15.0. The largest absolute Gasteiger partial charge is 0.450 e. The number of para-hydroxylation sites is 1. The lowest BCUT2D eigenvalue weighted by molar-refractivity contribution is -0.384. The number of hydrogen-bond donors (Lipinski definition) is 0. The van der Waals surface area contributed by atoms with Crippen LogP contribution in [0.4, 0.5) is 11.5 Å². The van der Waals surface area contributed by atoms with Crippen LogP contribution in [0.2, 0.25) is 0 Å². The van der Waals surface area contributed by atoms with Crippen LogP contribution in [0.15, 0.2) is 76.1 Å². The standard InChI is InChI=1S/C23H15N3O5/c1-13-6-11-18(24-12-13)25-20(14-7-9-15(10-8-14)26(29)30)19-21(27)16-4-2-3-5-17(16)31-22(19)23(25)28/h2-12,20H,1H3. The fraction of sp³-hybridized carbons (Fsp3) is 0.0870. The molecule has 3 heterocycles. The Labute approximate surface area is 175 Å². The van der Waals surface area contributed by atoms with Gasteiger partial charge in [-0.05, 0) is 48.4 Å². The van der Waals surface area contributed by atoms with E-state index in [-0.39, 0.29) is 22.4 Å². The molecule has 1 amide bonds. The molecule has 0 saturated heterocycles. The number of non-ortho nitro benzene ring substituents is 1. The fourth-order valence-corrected chi connectivity index (χ4v) is 3.85. The third kappa shape index (κ3) is 2.88. The molecular weight excluding hydrogens is 398 g/mol. The summed E-state index contributed by atoms with van der Waals surface area (Å²) in [5.74, 6) is -0.180. The second kappa shape index (κ2) is 6.88. The van der Waals surface area contributed by atoms with E-state index in [1.807, 2.05) is 13.0 Å². The van der Waals surface area contributed by atoms with E-state index >= 15 is 0 Å². The summed E-state index contributed by atoms with van der Waals surface area (Å²) in [5, 5.41) is 11.4. The predicted molar refractivity (Wildman–Crippen MR) is 113 cm³/mol. The van der Waals surface area contributed by atoms with Crippen molar-refractivity contribution >= 4 is 28.4 Å². The Kier molecular flexibility index (Phi) is 4.14. The molecule has 1 unspecified atom stereocenters. The molecule has 8 heteroatoms. The molecule has 0 radical (unpaired) electrons. The second-order valence-electron chi connectivity index (χ2n) is 7.29. The Bertz CT molecular complexity index is 1410. The highest BCUT2D eigenvalue weighted by Gasteiger charge is 2.44. The molecule has 0 saturated carbocycles. The Morgan fingerprint density at radius 2 is 1.77 bits per heavy atom. The van der Waals surface area contributed by atoms with Gasteiger partial charge in [0.15, 0.2) is 5.43 Å². The number of benzene rings is 2. The maximum Gasteiger partial charge on any atom is 0.296 e. The van der Waals surface area contributed by atoms with E-state index in [0.717, 1.165) is 5.56 Å². The van der Waals surface area contributed by atoms with Crippen molar-refractivity contribution in [3.8, 4) is 0 Å². The number of carbonyl (C=O) groups is 1. The van der Waals surface area contributed by atoms with Gasteiger partial charge in [0.2, 0.25) is 5.76 Å². The van der Waals surface area contributed by atoms with Gasteiger partial charge in [-0.3, -0.25) is 24.6 Å². The highest BCUT2D eigenvalue weighted by molar-refractivity contribution is 6.10. The van der Waals surface area contributed by atoms with Crippen LogP contribution in [-0.4, -0.2) is 15.8 Å². The van der Waals surface area contributed by atoms with Crippen molar-refractivity contribution in [3.05, 3.63) is 110 Å². The Morgan fingerprint density at radius 3 is 2.45 bits per heavy atom. The van der Waals surface area contributed by atoms with Crippen LogP contribution in [0.3, 0.4) is 0 Å². The molecule has 1 atom stereocenters. The van der Waals surface area contributed by atoms with Crippen molar-refractivity contribution < 1.29 is 14.1 Å². The Morgan fingerprint density at radius 1 is 1.03 bits per heavy atom. The quantitative estimate of drug-likeness (QED) is 0.369. The van der Waals surface area contributed by atoms with Gasteiger partial charge in [-0.25, -0.2) is 4.98 Å². The van der Waals surface area contributed by atoms with Crippen molar-refractivity contribution in [1.29, 1.82) is 0 Å². The SMILES string of the molecule is Cc1ccc(N2C(=O)c3oc4ccccc4c(=O)c3C2c2ccc([N+](=O)[O-])cc2)nc1. The van der Waals surface area contributed by atoms with Gasteiger partial charge in [-0.15, -0.1) is 0 Å². The summed E-state index contributed by atoms with van der Waals surface area (Å²) < 4.78 is 5.86. The number of pyridine rings is 1. The minimum Gasteiger partial charge on any atom is -0.450 e. The third-order valence-corrected chi connectivity index (χ3v) is 5.34. The number of anilines is 1. The number of nitrogens with zero attached hydrogens (tertiary/aromatic N) is 3. The number of amides is 1. The van der Waals surface area contributed by atoms with Gasteiger partial charge >= 0.3 is 0 Å². The lowest BCUT2D eigenvalue weighted by atomic mass is 9.98. The normalized spacial score (nSPS) is 15.3. The summed E-state index contributed by atoms with van der Waals surface area (Å²) in [5.41, 5.74) is 1.57. The summed E-state index contributed by atoms with van der Waals surface area (Å²) in [6, 6.07) is 15.2. The van der Waals surface area contributed by atoms with Crippen LogP contribution in [0.1, 0.15) is 33.3 Å². The highest BCUT2D eigenvalue weighted by Crippen LogP contribution is 2.40. The number of aryl methyl sites for hydroxylation is 1. The molecule has 4 aromatic rings. The van der Waals surface area contributed by atoms with Crippen LogP contribution in [0.25, 0.3) is 11.0 Å². The number of carbonyl (C=O) groups excluding carboxylic acids is 1. The minimum absolute atomic E-state index is 0.0468. The maximum absolute atomic E-state index is 13.4. The van der Waals surface area contributed by atoms with Gasteiger partial charge in [0, 0.05) is 18.3 Å². The average molecular weight is 413 g/mol. The first kappa shape index (κ1) is 18.7. The molecule has 8 nitrogen and oxygen atoms in total. The molecule has 1 aliphatic heterocycles. The van der Waals surface area contributed by atoms with Crippen molar-refractivity contribution in [1.82, 2.24) is 4.98 Å². The van der Waals surface area contributed by atoms with Crippen LogP contribution in [-0.2, 0) is 0 Å². The third-order valence-electron chi connectivity index (χ3n) is 5.34. The zero-order chi connectivity index (χ0) is 21.7. The molecular formula is C23H15N3O5. The van der Waals surface area contributed by atoms with Crippen LogP contribution in [0, 0.1) is 17.0 Å². The molecule has 31 heavy (non-hydrogen) atoms. The molecule has 2 aromatic heterocycles. The highest BCUT2D eigenvalue weighted by atomic mass is 16.6. The number of fused-ring (bicyclic) bond motifs is 2. The number of hydrogen-bond acceptors (Lipinski definition) is 6. The van der Waals surface area contributed by atoms with Gasteiger partial charge in [0.1, 0.15) is 11.4 Å². The van der Waals surface area contributed by atoms with Crippen LogP contribution >= 0.6 is 0 Å². The molecule has 152 valence electrons. The minimum atomic E-state index is -0.820. The first-order valence-electron chi connectivity index (χ1n) is 9.52. The van der Waals surface area contributed by atoms with Gasteiger partial charge in [-0.1, -0.05) is 18.2 Å². The summed E-state index contributed by atoms with van der Waals surface area (Å²) >= 11 is 0. The molecule has 0 bridgehead atoms. The summed E-state index contributed by atoms with van der Waals surface area (Å²) in [4.78, 5) is 43.1. The molecule has 0 spiro atoms. The average Bonchev–Trinajstić information content (AvgIpc) is 3.07. The Balaban J connectivity index is 1.78. The molecule has 5 rings (SSSR count). The van der Waals surface area contributed by atoms with E-state index in [4.69, 9.17) is 4.42 Å². The van der Waals surface area contributed by atoms with E-state index in [1.165, 1.54) is 17.0 Å². The predicted octanol–water partition coefficient (Wildman–Crippen LogP) is 4.15. The number of rotatable bonds is 3. The first-order valence-corrected chi connectivity index (χ1v) is 9.52. The number of nitro groups is 1. The summed E-state index contributed by atoms with van der Waals surface area (Å²) in [7, 11) is 0. The lowest BCUT2D eigenvalue weighted by Crippen LogP contribution is -2.30. The van der Waals surface area contributed by atoms with Gasteiger partial charge in [-0.2, -0.15) is 0 Å². The molecule has 1 aliphatic rings. The van der Waals surface area contributed by atoms with E-state index in [1.54, 1.807) is 48.7 Å². The monoisotopic (exact) mass is 413 g/mol. The summed E-state index contributed by atoms with van der Waals surface area (Å²) in [6.45, 7) is 1.88. The van der Waals surface area contributed by atoms with E-state index in [9.17, 15) is 19.7 Å². The zero-order valence-corrected chi connectivity index (χ0v) is 16.3. The maximum atomic E-state index is 13.4. The topological polar surface area (TPSA) is 107 Å². The fourth-order valence-electron chi connectivity index (χ4n) is 3.85. The van der Waals surface area contributed by atoms with E-state index < -0.39 is 16.9 Å². The van der Waals surface area contributed by atoms with Crippen molar-refractivity contribution in [3.63, 3.8) is 0 Å². The lowest BCUT2D eigenvalue weighted by Gasteiger charge is -2.24. The van der Waals surface area contributed by atoms with Crippen LogP contribution < -0.4 is 10.3 Å². The molecule has 2 aromatic carbocycles. The Hall–Kier alpha value is -4.33. The van der Waals surface area contributed by atoms with Crippen molar-refractivity contribution in [2.24, 2.45) is 0 Å². The van der Waals surface area contributed by atoms with Crippen molar-refractivity contribution in [2.75, 3.05) is 4.90 Å². The smallest absolute Gasteiger partial charge is 0.296 e. The molecule has 0 fully saturated rings. The van der Waals surface area contributed by atoms with Gasteiger partial charge < -0.3 is 4.42 Å². The van der Waals surface area contributed by atoms with Gasteiger partial charge in [0.05, 0.1) is 21.9 Å². The molecule has 0 N–H and O–H groups in total. The van der Waals surface area contributed by atoms with E-state index in [2.05, 4.69) is 4.98 Å². The summed E-state index contributed by atoms with van der Waals surface area (Å²) in [6.07, 6.45) is 1.63. The second-order valence-corrected chi connectivity index (χ2v) is 7.29. The number of nitro benzene ring substituents is 1. The van der Waals surface area contributed by atoms with Crippen LogP contribution in [0.5, 0.6) is 0 Å². The molecule has 0 aliphatic carbocycles. The zero-order valence-electron chi connectivity index (χ0n) is 16.3. The van der Waals surface area contributed by atoms with Gasteiger partial charge in [0.25, 0.3) is 11.6 Å². The van der Waals surface area contributed by atoms with E-state index in [0.29, 0.717) is 22.4 Å². The number of aromatic nitrogens is 1.